The summed E-state index contributed by atoms with van der Waals surface area (Å²) in [6.07, 6.45) is 1.87. The van der Waals surface area contributed by atoms with Gasteiger partial charge >= 0.3 is 0 Å². The van der Waals surface area contributed by atoms with Crippen LogP contribution in [0.3, 0.4) is 0 Å². The normalized spacial score (nSPS) is 12.6. The van der Waals surface area contributed by atoms with E-state index in [9.17, 15) is 0 Å². The summed E-state index contributed by atoms with van der Waals surface area (Å²) in [6, 6.07) is 8.79. The van der Waals surface area contributed by atoms with Crippen LogP contribution in [0.5, 0.6) is 0 Å². The Morgan fingerprint density at radius 1 is 1.37 bits per heavy atom. The molecule has 1 unspecified atom stereocenters. The van der Waals surface area contributed by atoms with Crippen molar-refractivity contribution in [1.29, 1.82) is 0 Å². The Balaban J connectivity index is 2.48. The zero-order chi connectivity index (χ0) is 13.8. The van der Waals surface area contributed by atoms with Crippen LogP contribution < -0.4 is 5.32 Å². The molecule has 0 fully saturated rings. The summed E-state index contributed by atoms with van der Waals surface area (Å²) in [5.41, 5.74) is 3.74. The molecule has 19 heavy (non-hydrogen) atoms. The second-order valence-electron chi connectivity index (χ2n) is 4.60. The van der Waals surface area contributed by atoms with Crippen LogP contribution >= 0.6 is 15.9 Å². The molecule has 0 bridgehead atoms. The van der Waals surface area contributed by atoms with Crippen LogP contribution in [0.1, 0.15) is 36.7 Å². The molecule has 0 saturated carbocycles. The molecule has 0 aliphatic rings. The fourth-order valence-electron chi connectivity index (χ4n) is 2.34. The molecular weight excluding hydrogens is 302 g/mol. The summed E-state index contributed by atoms with van der Waals surface area (Å²) in [5, 5.41) is 7.97. The zero-order valence-electron chi connectivity index (χ0n) is 11.7. The van der Waals surface area contributed by atoms with E-state index in [4.69, 9.17) is 0 Å². The summed E-state index contributed by atoms with van der Waals surface area (Å²) < 4.78 is 3.10. The minimum absolute atomic E-state index is 0.168. The highest BCUT2D eigenvalue weighted by Crippen LogP contribution is 2.29. The van der Waals surface area contributed by atoms with Crippen molar-refractivity contribution >= 4 is 15.9 Å². The molecule has 4 heteroatoms. The SMILES string of the molecule is CCNC(c1cccc(C)c1)c1c(Br)cnn1CC. The van der Waals surface area contributed by atoms with E-state index in [0.717, 1.165) is 17.6 Å². The first-order valence-corrected chi connectivity index (χ1v) is 7.47. The van der Waals surface area contributed by atoms with Crippen molar-refractivity contribution in [3.63, 3.8) is 0 Å². The van der Waals surface area contributed by atoms with E-state index >= 15 is 0 Å². The number of nitrogens with one attached hydrogen (secondary N) is 1. The van der Waals surface area contributed by atoms with Crippen molar-refractivity contribution < 1.29 is 0 Å². The van der Waals surface area contributed by atoms with Crippen LogP contribution in [0.2, 0.25) is 0 Å². The van der Waals surface area contributed by atoms with Crippen LogP contribution in [0, 0.1) is 6.92 Å². The van der Waals surface area contributed by atoms with E-state index in [0.29, 0.717) is 0 Å². The smallest absolute Gasteiger partial charge is 0.0759 e. The lowest BCUT2D eigenvalue weighted by Crippen LogP contribution is -2.25. The lowest BCUT2D eigenvalue weighted by atomic mass is 10.0. The van der Waals surface area contributed by atoms with Crippen LogP contribution in [-0.4, -0.2) is 16.3 Å². The quantitative estimate of drug-likeness (QED) is 0.910. The van der Waals surface area contributed by atoms with Gasteiger partial charge in [0.1, 0.15) is 0 Å². The molecule has 2 rings (SSSR count). The Morgan fingerprint density at radius 3 is 2.79 bits per heavy atom. The van der Waals surface area contributed by atoms with Crippen molar-refractivity contribution in [2.24, 2.45) is 0 Å². The topological polar surface area (TPSA) is 29.9 Å². The number of rotatable bonds is 5. The van der Waals surface area contributed by atoms with E-state index in [1.807, 2.05) is 10.9 Å². The molecule has 0 saturated heterocycles. The number of halogens is 1. The van der Waals surface area contributed by atoms with E-state index in [1.165, 1.54) is 16.8 Å². The van der Waals surface area contributed by atoms with Crippen molar-refractivity contribution in [3.8, 4) is 0 Å². The van der Waals surface area contributed by atoms with Gasteiger partial charge in [0.2, 0.25) is 0 Å². The van der Waals surface area contributed by atoms with Gasteiger partial charge in [-0.25, -0.2) is 0 Å². The number of hydrogen-bond donors (Lipinski definition) is 1. The van der Waals surface area contributed by atoms with Gasteiger partial charge in [-0.05, 0) is 41.9 Å². The highest BCUT2D eigenvalue weighted by atomic mass is 79.9. The maximum Gasteiger partial charge on any atom is 0.0759 e. The summed E-state index contributed by atoms with van der Waals surface area (Å²) in [4.78, 5) is 0. The molecule has 0 spiro atoms. The van der Waals surface area contributed by atoms with Gasteiger partial charge in [-0.1, -0.05) is 36.8 Å². The Hall–Kier alpha value is -1.13. The summed E-state index contributed by atoms with van der Waals surface area (Å²) in [7, 11) is 0. The number of hydrogen-bond acceptors (Lipinski definition) is 2. The molecule has 3 nitrogen and oxygen atoms in total. The summed E-state index contributed by atoms with van der Waals surface area (Å²) >= 11 is 3.62. The van der Waals surface area contributed by atoms with Crippen molar-refractivity contribution in [2.75, 3.05) is 6.54 Å². The number of nitrogens with zero attached hydrogens (tertiary/aromatic N) is 2. The van der Waals surface area contributed by atoms with Gasteiger partial charge in [0.25, 0.3) is 0 Å². The molecule has 102 valence electrons. The molecule has 0 aliphatic carbocycles. The van der Waals surface area contributed by atoms with E-state index < -0.39 is 0 Å². The standard InChI is InChI=1S/C15H20BrN3/c1-4-17-14(12-8-6-7-11(3)9-12)15-13(16)10-18-19(15)5-2/h6-10,14,17H,4-5H2,1-3H3. The number of aryl methyl sites for hydroxylation is 2. The predicted octanol–water partition coefficient (Wildman–Crippen LogP) is 3.67. The first-order chi connectivity index (χ1) is 9.17. The van der Waals surface area contributed by atoms with Gasteiger partial charge in [0.15, 0.2) is 0 Å². The molecule has 1 N–H and O–H groups in total. The predicted molar refractivity (Wildman–Crippen MR) is 82.3 cm³/mol. The molecule has 1 aromatic carbocycles. The van der Waals surface area contributed by atoms with Crippen LogP contribution in [0.4, 0.5) is 0 Å². The average molecular weight is 322 g/mol. The minimum Gasteiger partial charge on any atom is -0.305 e. The third-order valence-corrected chi connectivity index (χ3v) is 3.80. The van der Waals surface area contributed by atoms with E-state index in [-0.39, 0.29) is 6.04 Å². The Labute approximate surface area is 123 Å². The van der Waals surface area contributed by atoms with Crippen molar-refractivity contribution in [2.45, 2.75) is 33.4 Å². The van der Waals surface area contributed by atoms with E-state index in [2.05, 4.69) is 71.4 Å². The molecule has 1 atom stereocenters. The maximum absolute atomic E-state index is 4.42. The molecule has 2 aromatic rings. The Bertz CT molecular complexity index is 548. The third kappa shape index (κ3) is 3.07. The lowest BCUT2D eigenvalue weighted by Gasteiger charge is -2.20. The van der Waals surface area contributed by atoms with Gasteiger partial charge < -0.3 is 5.32 Å². The lowest BCUT2D eigenvalue weighted by molar-refractivity contribution is 0.540. The third-order valence-electron chi connectivity index (χ3n) is 3.19. The van der Waals surface area contributed by atoms with Crippen LogP contribution in [-0.2, 0) is 6.54 Å². The maximum atomic E-state index is 4.42. The fraction of sp³-hybridized carbons (Fsp3) is 0.400. The van der Waals surface area contributed by atoms with Gasteiger partial charge in [-0.15, -0.1) is 0 Å². The Morgan fingerprint density at radius 2 is 2.16 bits per heavy atom. The second kappa shape index (κ2) is 6.35. The summed E-state index contributed by atoms with van der Waals surface area (Å²) in [5.74, 6) is 0. The van der Waals surface area contributed by atoms with Crippen molar-refractivity contribution in [1.82, 2.24) is 15.1 Å². The summed E-state index contributed by atoms with van der Waals surface area (Å²) in [6.45, 7) is 8.15. The Kier molecular flexibility index (Phi) is 4.77. The van der Waals surface area contributed by atoms with Crippen LogP contribution in [0.15, 0.2) is 34.9 Å². The highest BCUT2D eigenvalue weighted by Gasteiger charge is 2.20. The van der Waals surface area contributed by atoms with Gasteiger partial charge in [-0.3, -0.25) is 4.68 Å². The molecule has 0 amide bonds. The van der Waals surface area contributed by atoms with Crippen LogP contribution in [0.25, 0.3) is 0 Å². The van der Waals surface area contributed by atoms with Gasteiger partial charge in [0.05, 0.1) is 22.4 Å². The van der Waals surface area contributed by atoms with Gasteiger partial charge in [0, 0.05) is 6.54 Å². The highest BCUT2D eigenvalue weighted by molar-refractivity contribution is 9.10. The average Bonchev–Trinajstić information content (AvgIpc) is 2.77. The number of benzene rings is 1. The van der Waals surface area contributed by atoms with E-state index in [1.54, 1.807) is 0 Å². The second-order valence-corrected chi connectivity index (χ2v) is 5.45. The first-order valence-electron chi connectivity index (χ1n) is 6.68. The molecule has 0 aliphatic heterocycles. The van der Waals surface area contributed by atoms with Gasteiger partial charge in [-0.2, -0.15) is 5.10 Å². The first kappa shape index (κ1) is 14.3. The molecule has 0 radical (unpaired) electrons. The fourth-order valence-corrected chi connectivity index (χ4v) is 2.86. The zero-order valence-corrected chi connectivity index (χ0v) is 13.2. The minimum atomic E-state index is 0.168. The molecule has 1 aromatic heterocycles. The number of aromatic nitrogens is 2. The monoisotopic (exact) mass is 321 g/mol. The molecule has 1 heterocycles. The molecular formula is C15H20BrN3. The van der Waals surface area contributed by atoms with Crippen molar-refractivity contribution in [3.05, 3.63) is 51.8 Å². The largest absolute Gasteiger partial charge is 0.305 e.